The van der Waals surface area contributed by atoms with Crippen LogP contribution in [0.1, 0.15) is 42.0 Å². The fourth-order valence-corrected chi connectivity index (χ4v) is 3.32. The Labute approximate surface area is 110 Å². The predicted octanol–water partition coefficient (Wildman–Crippen LogP) is 2.79. The molecule has 0 aromatic carbocycles. The van der Waals surface area contributed by atoms with E-state index in [1.54, 1.807) is 5.51 Å². The lowest BCUT2D eigenvalue weighted by Gasteiger charge is -2.29. The Kier molecular flexibility index (Phi) is 2.41. The summed E-state index contributed by atoms with van der Waals surface area (Å²) in [6.45, 7) is 6.29. The van der Waals surface area contributed by atoms with E-state index >= 15 is 0 Å². The smallest absolute Gasteiger partial charge is 0.216 e. The van der Waals surface area contributed by atoms with Gasteiger partial charge in [0.25, 0.3) is 0 Å². The van der Waals surface area contributed by atoms with Crippen LogP contribution in [0.5, 0.6) is 0 Å². The van der Waals surface area contributed by atoms with E-state index in [0.29, 0.717) is 6.42 Å². The summed E-state index contributed by atoms with van der Waals surface area (Å²) in [6.07, 6.45) is 1.53. The quantitative estimate of drug-likeness (QED) is 0.793. The maximum absolute atomic E-state index is 12.2. The van der Waals surface area contributed by atoms with Gasteiger partial charge in [0.1, 0.15) is 5.51 Å². The molecule has 2 aromatic rings. The lowest BCUT2D eigenvalue weighted by Crippen LogP contribution is -2.27. The first-order valence-corrected chi connectivity index (χ1v) is 6.87. The van der Waals surface area contributed by atoms with Crippen LogP contribution in [0.2, 0.25) is 0 Å². The van der Waals surface area contributed by atoms with E-state index in [0.717, 1.165) is 28.5 Å². The highest BCUT2D eigenvalue weighted by Crippen LogP contribution is 2.37. The number of fused-ring (bicyclic) bond motifs is 1. The number of aryl methyl sites for hydroxylation is 1. The molecule has 1 aliphatic carbocycles. The van der Waals surface area contributed by atoms with E-state index in [4.69, 9.17) is 0 Å². The van der Waals surface area contributed by atoms with Crippen LogP contribution in [0.15, 0.2) is 11.6 Å². The van der Waals surface area contributed by atoms with Crippen molar-refractivity contribution in [1.29, 1.82) is 0 Å². The predicted molar refractivity (Wildman–Crippen MR) is 70.4 cm³/mol. The molecular formula is C13H15N3OS. The Morgan fingerprint density at radius 3 is 2.83 bits per heavy atom. The molecule has 1 aliphatic rings. The highest BCUT2D eigenvalue weighted by molar-refractivity contribution is 7.11. The Bertz CT molecular complexity index is 610. The van der Waals surface area contributed by atoms with Crippen molar-refractivity contribution < 1.29 is 4.79 Å². The molecule has 0 fully saturated rings. The molecular weight excluding hydrogens is 246 g/mol. The van der Waals surface area contributed by atoms with E-state index in [1.165, 1.54) is 11.3 Å². The number of aromatic nitrogens is 3. The second-order valence-electron chi connectivity index (χ2n) is 5.64. The summed E-state index contributed by atoms with van der Waals surface area (Å²) in [5.74, 6) is 0.243. The van der Waals surface area contributed by atoms with Gasteiger partial charge in [0.05, 0.1) is 0 Å². The van der Waals surface area contributed by atoms with Gasteiger partial charge in [-0.1, -0.05) is 25.2 Å². The van der Waals surface area contributed by atoms with Gasteiger partial charge in [-0.25, -0.2) is 0 Å². The molecule has 0 atom stereocenters. The fourth-order valence-electron chi connectivity index (χ4n) is 2.68. The molecule has 0 saturated heterocycles. The average Bonchev–Trinajstić information content (AvgIpc) is 2.83. The molecule has 0 radical (unpaired) electrons. The largest absolute Gasteiger partial charge is 0.294 e. The van der Waals surface area contributed by atoms with E-state index in [2.05, 4.69) is 28.6 Å². The van der Waals surface area contributed by atoms with Crippen molar-refractivity contribution in [3.63, 3.8) is 0 Å². The number of carbonyl (C=O) groups excluding carboxylic acids is 1. The number of rotatable bonds is 1. The van der Waals surface area contributed by atoms with Crippen LogP contribution in [-0.4, -0.2) is 20.5 Å². The standard InChI is InChI=1S/C13H15N3OS/c1-8-4-9-10(5-13(2,3)6-11(9)17)16(8)12-15-14-7-18-12/h4,7H,5-6H2,1-3H3. The summed E-state index contributed by atoms with van der Waals surface area (Å²) in [5.41, 5.74) is 4.75. The van der Waals surface area contributed by atoms with Gasteiger partial charge in [-0.2, -0.15) is 0 Å². The summed E-state index contributed by atoms with van der Waals surface area (Å²) >= 11 is 1.50. The van der Waals surface area contributed by atoms with Crippen molar-refractivity contribution in [1.82, 2.24) is 14.8 Å². The van der Waals surface area contributed by atoms with Crippen molar-refractivity contribution in [2.45, 2.75) is 33.6 Å². The zero-order valence-corrected chi connectivity index (χ0v) is 11.5. The summed E-state index contributed by atoms with van der Waals surface area (Å²) in [4.78, 5) is 12.2. The van der Waals surface area contributed by atoms with Gasteiger partial charge >= 0.3 is 0 Å². The maximum atomic E-state index is 12.2. The molecule has 0 bridgehead atoms. The van der Waals surface area contributed by atoms with Crippen LogP contribution >= 0.6 is 11.3 Å². The number of hydrogen-bond donors (Lipinski definition) is 0. The Balaban J connectivity index is 2.21. The van der Waals surface area contributed by atoms with Crippen LogP contribution in [0.25, 0.3) is 5.13 Å². The van der Waals surface area contributed by atoms with Crippen molar-refractivity contribution in [2.75, 3.05) is 0 Å². The number of nitrogens with zero attached hydrogens (tertiary/aromatic N) is 3. The Morgan fingerprint density at radius 2 is 2.17 bits per heavy atom. The molecule has 94 valence electrons. The van der Waals surface area contributed by atoms with Crippen molar-refractivity contribution in [2.24, 2.45) is 5.41 Å². The minimum Gasteiger partial charge on any atom is -0.294 e. The molecule has 18 heavy (non-hydrogen) atoms. The Hall–Kier alpha value is -1.49. The molecule has 2 aromatic heterocycles. The van der Waals surface area contributed by atoms with E-state index in [1.807, 2.05) is 13.0 Å². The van der Waals surface area contributed by atoms with Crippen LogP contribution in [0.4, 0.5) is 0 Å². The van der Waals surface area contributed by atoms with Crippen molar-refractivity contribution >= 4 is 17.1 Å². The third-order valence-electron chi connectivity index (χ3n) is 3.41. The molecule has 0 amide bonds. The zero-order chi connectivity index (χ0) is 12.9. The van der Waals surface area contributed by atoms with Gasteiger partial charge in [0.15, 0.2) is 5.78 Å². The topological polar surface area (TPSA) is 47.8 Å². The molecule has 0 saturated carbocycles. The van der Waals surface area contributed by atoms with Gasteiger partial charge in [-0.15, -0.1) is 10.2 Å². The van der Waals surface area contributed by atoms with E-state index < -0.39 is 0 Å². The van der Waals surface area contributed by atoms with Crippen LogP contribution in [0.3, 0.4) is 0 Å². The Morgan fingerprint density at radius 1 is 1.39 bits per heavy atom. The average molecular weight is 261 g/mol. The second-order valence-corrected chi connectivity index (χ2v) is 6.46. The van der Waals surface area contributed by atoms with Gasteiger partial charge in [-0.3, -0.25) is 9.36 Å². The lowest BCUT2D eigenvalue weighted by molar-refractivity contribution is 0.0911. The second kappa shape index (κ2) is 3.75. The maximum Gasteiger partial charge on any atom is 0.216 e. The normalized spacial score (nSPS) is 17.8. The highest BCUT2D eigenvalue weighted by Gasteiger charge is 2.34. The molecule has 4 nitrogen and oxygen atoms in total. The summed E-state index contributed by atoms with van der Waals surface area (Å²) in [5, 5.41) is 8.85. The van der Waals surface area contributed by atoms with Gasteiger partial charge in [0.2, 0.25) is 5.13 Å². The highest BCUT2D eigenvalue weighted by atomic mass is 32.1. The minimum absolute atomic E-state index is 0.0251. The fraction of sp³-hybridized carbons (Fsp3) is 0.462. The molecule has 2 heterocycles. The molecule has 0 aliphatic heterocycles. The summed E-state index contributed by atoms with van der Waals surface area (Å²) in [6, 6.07) is 1.98. The third kappa shape index (κ3) is 1.70. The molecule has 3 rings (SSSR count). The molecule has 0 N–H and O–H groups in total. The first kappa shape index (κ1) is 11.6. The van der Waals surface area contributed by atoms with E-state index in [9.17, 15) is 4.79 Å². The molecule has 5 heteroatoms. The molecule has 0 spiro atoms. The van der Waals surface area contributed by atoms with Gasteiger partial charge < -0.3 is 0 Å². The molecule has 0 unspecified atom stereocenters. The van der Waals surface area contributed by atoms with Crippen LogP contribution in [-0.2, 0) is 6.42 Å². The lowest BCUT2D eigenvalue weighted by atomic mass is 9.76. The summed E-state index contributed by atoms with van der Waals surface area (Å²) in [7, 11) is 0. The van der Waals surface area contributed by atoms with Gasteiger partial charge in [0, 0.05) is 23.4 Å². The van der Waals surface area contributed by atoms with Crippen LogP contribution < -0.4 is 0 Å². The van der Waals surface area contributed by atoms with E-state index in [-0.39, 0.29) is 11.2 Å². The SMILES string of the molecule is Cc1cc2c(n1-c1nncs1)CC(C)(C)CC2=O. The summed E-state index contributed by atoms with van der Waals surface area (Å²) < 4.78 is 2.08. The van der Waals surface area contributed by atoms with Crippen molar-refractivity contribution in [3.05, 3.63) is 28.5 Å². The minimum atomic E-state index is 0.0251. The number of carbonyl (C=O) groups is 1. The van der Waals surface area contributed by atoms with Gasteiger partial charge in [-0.05, 0) is 24.8 Å². The van der Waals surface area contributed by atoms with Crippen LogP contribution in [0, 0.1) is 12.3 Å². The first-order chi connectivity index (χ1) is 8.48. The third-order valence-corrected chi connectivity index (χ3v) is 4.09. The van der Waals surface area contributed by atoms with Crippen molar-refractivity contribution in [3.8, 4) is 5.13 Å². The monoisotopic (exact) mass is 261 g/mol. The number of ketones is 1. The zero-order valence-electron chi connectivity index (χ0n) is 10.7. The first-order valence-electron chi connectivity index (χ1n) is 5.99. The number of Topliss-reactive ketones (excluding diaryl/α,β-unsaturated/α-hetero) is 1. The number of hydrogen-bond acceptors (Lipinski definition) is 4.